The Kier molecular flexibility index (Phi) is 6.10. The Hall–Kier alpha value is -1.28. The smallest absolute Gasteiger partial charge is 0.494 e. The van der Waals surface area contributed by atoms with Crippen molar-refractivity contribution < 1.29 is 14.0 Å². The molecule has 0 aliphatic carbocycles. The quantitative estimate of drug-likeness (QED) is 0.703. The predicted octanol–water partition coefficient (Wildman–Crippen LogP) is 2.21. The number of benzene rings is 1. The highest BCUT2D eigenvalue weighted by atomic mass is 16.7. The molecule has 3 fully saturated rings. The zero-order valence-electron chi connectivity index (χ0n) is 19.6. The van der Waals surface area contributed by atoms with Gasteiger partial charge in [-0.1, -0.05) is 6.07 Å². The van der Waals surface area contributed by atoms with Crippen molar-refractivity contribution in [1.82, 2.24) is 9.80 Å². The van der Waals surface area contributed by atoms with E-state index in [1.54, 1.807) is 7.11 Å². The van der Waals surface area contributed by atoms with Crippen LogP contribution >= 0.6 is 0 Å². The number of rotatable bonds is 4. The van der Waals surface area contributed by atoms with Gasteiger partial charge in [0.05, 0.1) is 24.0 Å². The summed E-state index contributed by atoms with van der Waals surface area (Å²) >= 11 is 0. The summed E-state index contributed by atoms with van der Waals surface area (Å²) in [6.07, 6.45) is 2.43. The molecule has 0 unspecified atom stereocenters. The fraction of sp³-hybridized carbons (Fsp3) is 0.739. The number of piperidine rings is 1. The van der Waals surface area contributed by atoms with E-state index in [9.17, 15) is 0 Å². The zero-order valence-corrected chi connectivity index (χ0v) is 19.6. The van der Waals surface area contributed by atoms with Gasteiger partial charge in [-0.05, 0) is 65.2 Å². The second-order valence-corrected chi connectivity index (χ2v) is 10.1. The molecule has 166 valence electrons. The van der Waals surface area contributed by atoms with Gasteiger partial charge in [0, 0.05) is 45.3 Å². The van der Waals surface area contributed by atoms with E-state index in [1.165, 1.54) is 44.7 Å². The Bertz CT molecular complexity index is 725. The van der Waals surface area contributed by atoms with Gasteiger partial charge in [-0.15, -0.1) is 0 Å². The molecule has 3 aliphatic rings. The molecule has 30 heavy (non-hydrogen) atoms. The van der Waals surface area contributed by atoms with Crippen molar-refractivity contribution in [3.63, 3.8) is 0 Å². The van der Waals surface area contributed by atoms with Crippen LogP contribution in [0.25, 0.3) is 0 Å². The van der Waals surface area contributed by atoms with Gasteiger partial charge in [0.25, 0.3) is 0 Å². The third-order valence-electron chi connectivity index (χ3n) is 7.59. The molecule has 3 heterocycles. The molecule has 3 aliphatic heterocycles. The maximum absolute atomic E-state index is 6.22. The van der Waals surface area contributed by atoms with E-state index in [4.69, 9.17) is 14.0 Å². The third-order valence-corrected chi connectivity index (χ3v) is 7.59. The van der Waals surface area contributed by atoms with E-state index in [-0.39, 0.29) is 18.3 Å². The minimum atomic E-state index is -0.360. The Morgan fingerprint density at radius 1 is 0.933 bits per heavy atom. The van der Waals surface area contributed by atoms with Crippen LogP contribution in [-0.2, 0) is 9.31 Å². The lowest BCUT2D eigenvalue weighted by molar-refractivity contribution is 0.00578. The molecule has 0 spiro atoms. The number of hydrogen-bond acceptors (Lipinski definition) is 6. The van der Waals surface area contributed by atoms with Crippen LogP contribution in [0, 0.1) is 0 Å². The molecule has 1 aromatic rings. The minimum Gasteiger partial charge on any atom is -0.495 e. The van der Waals surface area contributed by atoms with Gasteiger partial charge in [-0.2, -0.15) is 0 Å². The van der Waals surface area contributed by atoms with Crippen molar-refractivity contribution in [2.24, 2.45) is 0 Å². The molecule has 0 aromatic heterocycles. The SMILES string of the molecule is COc1cc(B2OC(C)(C)C(C)(C)O2)ccc1N1CCC(N2CCN(C)CC2)CC1. The van der Waals surface area contributed by atoms with Gasteiger partial charge in [0.1, 0.15) is 5.75 Å². The lowest BCUT2D eigenvalue weighted by Gasteiger charge is -2.42. The van der Waals surface area contributed by atoms with Gasteiger partial charge >= 0.3 is 7.12 Å². The Morgan fingerprint density at radius 2 is 1.53 bits per heavy atom. The second kappa shape index (κ2) is 8.34. The number of piperazine rings is 1. The molecule has 1 aromatic carbocycles. The lowest BCUT2D eigenvalue weighted by atomic mass is 9.79. The first-order valence-corrected chi connectivity index (χ1v) is 11.4. The van der Waals surface area contributed by atoms with Crippen molar-refractivity contribution >= 4 is 18.3 Å². The van der Waals surface area contributed by atoms with Crippen LogP contribution in [0.15, 0.2) is 18.2 Å². The average Bonchev–Trinajstić information content (AvgIpc) is 2.95. The van der Waals surface area contributed by atoms with E-state index < -0.39 is 0 Å². The molecule has 0 amide bonds. The topological polar surface area (TPSA) is 37.4 Å². The molecular formula is C23H38BN3O3. The zero-order chi connectivity index (χ0) is 21.5. The molecule has 7 heteroatoms. The molecule has 4 rings (SSSR count). The minimum absolute atomic E-state index is 0.339. The Labute approximate surface area is 182 Å². The highest BCUT2D eigenvalue weighted by molar-refractivity contribution is 6.62. The summed E-state index contributed by atoms with van der Waals surface area (Å²) in [4.78, 5) is 7.59. The molecule has 6 nitrogen and oxygen atoms in total. The summed E-state index contributed by atoms with van der Waals surface area (Å²) in [5.74, 6) is 0.903. The number of methoxy groups -OCH3 is 1. The molecule has 3 saturated heterocycles. The third kappa shape index (κ3) is 4.22. The van der Waals surface area contributed by atoms with Crippen LogP contribution in [0.3, 0.4) is 0 Å². The van der Waals surface area contributed by atoms with Crippen LogP contribution in [0.2, 0.25) is 0 Å². The van der Waals surface area contributed by atoms with E-state index in [0.717, 1.165) is 24.3 Å². The Morgan fingerprint density at radius 3 is 2.10 bits per heavy atom. The molecule has 0 bridgehead atoms. The fourth-order valence-electron chi connectivity index (χ4n) is 4.74. The fourth-order valence-corrected chi connectivity index (χ4v) is 4.74. The largest absolute Gasteiger partial charge is 0.495 e. The summed E-state index contributed by atoms with van der Waals surface area (Å²) in [6, 6.07) is 7.11. The summed E-state index contributed by atoms with van der Waals surface area (Å²) in [6.45, 7) is 15.3. The molecular weight excluding hydrogens is 377 g/mol. The summed E-state index contributed by atoms with van der Waals surface area (Å²) in [5.41, 5.74) is 1.51. The van der Waals surface area contributed by atoms with Crippen LogP contribution in [0.5, 0.6) is 5.75 Å². The maximum Gasteiger partial charge on any atom is 0.494 e. The Balaban J connectivity index is 1.42. The number of nitrogens with zero attached hydrogens (tertiary/aromatic N) is 3. The van der Waals surface area contributed by atoms with Crippen LogP contribution < -0.4 is 15.1 Å². The van der Waals surface area contributed by atoms with Gasteiger partial charge < -0.3 is 23.8 Å². The van der Waals surface area contributed by atoms with E-state index in [1.807, 2.05) is 0 Å². The van der Waals surface area contributed by atoms with Crippen molar-refractivity contribution in [3.05, 3.63) is 18.2 Å². The van der Waals surface area contributed by atoms with E-state index >= 15 is 0 Å². The van der Waals surface area contributed by atoms with Gasteiger partial charge in [-0.25, -0.2) is 0 Å². The lowest BCUT2D eigenvalue weighted by Crippen LogP contribution is -2.52. The van der Waals surface area contributed by atoms with Crippen LogP contribution in [-0.4, -0.2) is 87.6 Å². The molecule has 0 saturated carbocycles. The van der Waals surface area contributed by atoms with E-state index in [0.29, 0.717) is 6.04 Å². The van der Waals surface area contributed by atoms with Crippen LogP contribution in [0.4, 0.5) is 5.69 Å². The first-order chi connectivity index (χ1) is 14.2. The average molecular weight is 415 g/mol. The summed E-state index contributed by atoms with van der Waals surface area (Å²) < 4.78 is 18.2. The molecule has 0 radical (unpaired) electrons. The molecule has 0 N–H and O–H groups in total. The van der Waals surface area contributed by atoms with Crippen molar-refractivity contribution in [2.45, 2.75) is 57.8 Å². The summed E-state index contributed by atoms with van der Waals surface area (Å²) in [7, 11) is 3.62. The monoisotopic (exact) mass is 415 g/mol. The predicted molar refractivity (Wildman–Crippen MR) is 123 cm³/mol. The number of anilines is 1. The maximum atomic E-state index is 6.22. The highest BCUT2D eigenvalue weighted by Gasteiger charge is 2.51. The second-order valence-electron chi connectivity index (χ2n) is 10.1. The first kappa shape index (κ1) is 21.9. The first-order valence-electron chi connectivity index (χ1n) is 11.4. The van der Waals surface area contributed by atoms with E-state index in [2.05, 4.69) is 67.6 Å². The summed E-state index contributed by atoms with van der Waals surface area (Å²) in [5, 5.41) is 0. The molecule has 0 atom stereocenters. The number of hydrogen-bond donors (Lipinski definition) is 0. The van der Waals surface area contributed by atoms with Crippen molar-refractivity contribution in [2.75, 3.05) is 58.3 Å². The highest BCUT2D eigenvalue weighted by Crippen LogP contribution is 2.37. The van der Waals surface area contributed by atoms with Gasteiger partial charge in [-0.3, -0.25) is 4.90 Å². The number of likely N-dealkylation sites (N-methyl/N-ethyl adjacent to an activating group) is 1. The van der Waals surface area contributed by atoms with Crippen molar-refractivity contribution in [3.8, 4) is 5.75 Å². The normalized spacial score (nSPS) is 25.7. The van der Waals surface area contributed by atoms with Gasteiger partial charge in [0.2, 0.25) is 0 Å². The van der Waals surface area contributed by atoms with Crippen LogP contribution in [0.1, 0.15) is 40.5 Å². The number of ether oxygens (including phenoxy) is 1. The van der Waals surface area contributed by atoms with Crippen molar-refractivity contribution in [1.29, 1.82) is 0 Å². The standard InChI is InChI=1S/C23H38BN3O3/c1-22(2)23(3,4)30-24(29-22)18-7-8-20(21(17-18)28-6)27-11-9-19(10-12-27)26-15-13-25(5)14-16-26/h7-8,17,19H,9-16H2,1-6H3. The van der Waals surface area contributed by atoms with Gasteiger partial charge in [0.15, 0.2) is 0 Å².